The van der Waals surface area contributed by atoms with Gasteiger partial charge in [0, 0.05) is 12.2 Å². The van der Waals surface area contributed by atoms with Crippen LogP contribution in [-0.4, -0.2) is 18.4 Å². The molecule has 0 radical (unpaired) electrons. The van der Waals surface area contributed by atoms with Crippen molar-refractivity contribution in [2.75, 3.05) is 5.73 Å². The molecule has 7 heteroatoms. The van der Waals surface area contributed by atoms with Gasteiger partial charge in [-0.2, -0.15) is 0 Å². The Kier molecular flexibility index (Phi) is 3.35. The smallest absolute Gasteiger partial charge is 0.257 e. The second-order valence-electron chi connectivity index (χ2n) is 3.87. The van der Waals surface area contributed by atoms with Gasteiger partial charge in [-0.3, -0.25) is 0 Å². The Morgan fingerprint density at radius 1 is 1.44 bits per heavy atom. The van der Waals surface area contributed by atoms with E-state index in [1.54, 1.807) is 12.1 Å². The highest BCUT2D eigenvalue weighted by atomic mass is 32.2. The third kappa shape index (κ3) is 2.52. The molecular weight excluding hydrogens is 252 g/mol. The van der Waals surface area contributed by atoms with Crippen LogP contribution in [-0.2, 0) is 16.6 Å². The fraction of sp³-hybridized carbons (Fsp3) is 0.182. The van der Waals surface area contributed by atoms with Crippen LogP contribution in [0.1, 0.15) is 11.1 Å². The number of hydrogen-bond donors (Lipinski definition) is 3. The SMILES string of the molecule is Cc1c(N)cccc1CNS(=O)(=O)c1cnc[nH]1. The first-order chi connectivity index (χ1) is 8.50. The number of sulfonamides is 1. The van der Waals surface area contributed by atoms with E-state index in [9.17, 15) is 8.42 Å². The summed E-state index contributed by atoms with van der Waals surface area (Å²) in [7, 11) is -3.55. The number of aromatic amines is 1. The molecule has 0 atom stereocenters. The highest BCUT2D eigenvalue weighted by Crippen LogP contribution is 2.15. The topological polar surface area (TPSA) is 101 Å². The lowest BCUT2D eigenvalue weighted by Gasteiger charge is -2.09. The molecule has 0 aliphatic carbocycles. The van der Waals surface area contributed by atoms with Gasteiger partial charge in [0.25, 0.3) is 10.0 Å². The maximum Gasteiger partial charge on any atom is 0.257 e. The number of H-pyrrole nitrogens is 1. The molecule has 1 aromatic heterocycles. The van der Waals surface area contributed by atoms with Gasteiger partial charge in [0.05, 0.1) is 12.5 Å². The van der Waals surface area contributed by atoms with Crippen LogP contribution in [0.15, 0.2) is 35.7 Å². The van der Waals surface area contributed by atoms with Gasteiger partial charge in [-0.15, -0.1) is 0 Å². The van der Waals surface area contributed by atoms with E-state index in [2.05, 4.69) is 14.7 Å². The zero-order valence-corrected chi connectivity index (χ0v) is 10.7. The predicted octanol–water partition coefficient (Wildman–Crippen LogP) is 0.779. The molecule has 0 unspecified atom stereocenters. The van der Waals surface area contributed by atoms with Crippen LogP contribution in [0.4, 0.5) is 5.69 Å². The Morgan fingerprint density at radius 2 is 2.22 bits per heavy atom. The second-order valence-corrected chi connectivity index (χ2v) is 5.61. The number of nitrogens with one attached hydrogen (secondary N) is 2. The van der Waals surface area contributed by atoms with Gasteiger partial charge in [0.2, 0.25) is 0 Å². The van der Waals surface area contributed by atoms with Gasteiger partial charge in [0.15, 0.2) is 5.03 Å². The van der Waals surface area contributed by atoms with Crippen molar-refractivity contribution in [3.63, 3.8) is 0 Å². The minimum absolute atomic E-state index is 0.0454. The van der Waals surface area contributed by atoms with Crippen molar-refractivity contribution in [3.05, 3.63) is 41.9 Å². The fourth-order valence-corrected chi connectivity index (χ4v) is 2.44. The molecule has 0 fully saturated rings. The average molecular weight is 266 g/mol. The van der Waals surface area contributed by atoms with E-state index in [1.165, 1.54) is 12.5 Å². The molecule has 0 saturated carbocycles. The number of nitrogen functional groups attached to an aromatic ring is 1. The Balaban J connectivity index is 2.15. The Labute approximate surface area is 105 Å². The minimum Gasteiger partial charge on any atom is -0.399 e. The normalized spacial score (nSPS) is 11.6. The predicted molar refractivity (Wildman–Crippen MR) is 68.2 cm³/mol. The van der Waals surface area contributed by atoms with Crippen molar-refractivity contribution in [3.8, 4) is 0 Å². The minimum atomic E-state index is -3.55. The van der Waals surface area contributed by atoms with E-state index < -0.39 is 10.0 Å². The van der Waals surface area contributed by atoms with Crippen LogP contribution in [0.2, 0.25) is 0 Å². The van der Waals surface area contributed by atoms with Gasteiger partial charge in [-0.05, 0) is 24.1 Å². The van der Waals surface area contributed by atoms with Gasteiger partial charge in [-0.1, -0.05) is 12.1 Å². The summed E-state index contributed by atoms with van der Waals surface area (Å²) in [6, 6.07) is 5.41. The maximum atomic E-state index is 11.8. The van der Waals surface area contributed by atoms with Gasteiger partial charge in [0.1, 0.15) is 0 Å². The molecule has 2 aromatic rings. The zero-order chi connectivity index (χ0) is 13.2. The first-order valence-electron chi connectivity index (χ1n) is 5.33. The molecule has 0 bridgehead atoms. The van der Waals surface area contributed by atoms with Crippen LogP contribution in [0.5, 0.6) is 0 Å². The van der Waals surface area contributed by atoms with Crippen LogP contribution in [0.25, 0.3) is 0 Å². The van der Waals surface area contributed by atoms with Gasteiger partial charge >= 0.3 is 0 Å². The summed E-state index contributed by atoms with van der Waals surface area (Å²) in [5.41, 5.74) is 8.13. The molecule has 0 aliphatic rings. The molecule has 6 nitrogen and oxygen atoms in total. The van der Waals surface area contributed by atoms with Crippen molar-refractivity contribution in [2.45, 2.75) is 18.5 Å². The number of nitrogens with two attached hydrogens (primary N) is 1. The summed E-state index contributed by atoms with van der Waals surface area (Å²) < 4.78 is 26.2. The van der Waals surface area contributed by atoms with E-state index in [1.807, 2.05) is 13.0 Å². The lowest BCUT2D eigenvalue weighted by molar-refractivity contribution is 0.578. The molecule has 96 valence electrons. The molecule has 18 heavy (non-hydrogen) atoms. The van der Waals surface area contributed by atoms with E-state index in [-0.39, 0.29) is 11.6 Å². The van der Waals surface area contributed by atoms with Crippen LogP contribution in [0, 0.1) is 6.92 Å². The standard InChI is InChI=1S/C11H14N4O2S/c1-8-9(3-2-4-10(8)12)5-15-18(16,17)11-6-13-7-14-11/h2-4,6-7,15H,5,12H2,1H3,(H,13,14). The quantitative estimate of drug-likeness (QED) is 0.712. The molecule has 1 aromatic carbocycles. The van der Waals surface area contributed by atoms with E-state index in [4.69, 9.17) is 5.73 Å². The third-order valence-electron chi connectivity index (χ3n) is 2.70. The molecular formula is C11H14N4O2S. The van der Waals surface area contributed by atoms with E-state index in [0.29, 0.717) is 5.69 Å². The number of rotatable bonds is 4. The number of anilines is 1. The summed E-state index contributed by atoms with van der Waals surface area (Å²) in [4.78, 5) is 6.23. The lowest BCUT2D eigenvalue weighted by Crippen LogP contribution is -2.24. The fourth-order valence-electron chi connectivity index (χ4n) is 1.54. The molecule has 1 heterocycles. The van der Waals surface area contributed by atoms with Crippen LogP contribution in [0.3, 0.4) is 0 Å². The first-order valence-corrected chi connectivity index (χ1v) is 6.81. The second kappa shape index (κ2) is 4.79. The summed E-state index contributed by atoms with van der Waals surface area (Å²) in [5, 5.41) is 0.0454. The highest BCUT2D eigenvalue weighted by Gasteiger charge is 2.15. The monoisotopic (exact) mass is 266 g/mol. The number of nitrogens with zero attached hydrogens (tertiary/aromatic N) is 1. The Hall–Kier alpha value is -1.86. The van der Waals surface area contributed by atoms with Gasteiger partial charge in [-0.25, -0.2) is 18.1 Å². The molecule has 0 amide bonds. The van der Waals surface area contributed by atoms with Crippen molar-refractivity contribution >= 4 is 15.7 Å². The number of hydrogen-bond acceptors (Lipinski definition) is 4. The van der Waals surface area contributed by atoms with Crippen molar-refractivity contribution in [1.82, 2.24) is 14.7 Å². The zero-order valence-electron chi connectivity index (χ0n) is 9.84. The summed E-state index contributed by atoms with van der Waals surface area (Å²) >= 11 is 0. The largest absolute Gasteiger partial charge is 0.399 e. The number of aromatic nitrogens is 2. The number of benzene rings is 1. The average Bonchev–Trinajstić information content (AvgIpc) is 2.85. The Morgan fingerprint density at radius 3 is 2.89 bits per heavy atom. The molecule has 0 aliphatic heterocycles. The van der Waals surface area contributed by atoms with E-state index in [0.717, 1.165) is 11.1 Å². The summed E-state index contributed by atoms with van der Waals surface area (Å²) in [6.45, 7) is 2.05. The maximum absolute atomic E-state index is 11.8. The van der Waals surface area contributed by atoms with Crippen LogP contribution < -0.4 is 10.5 Å². The highest BCUT2D eigenvalue weighted by molar-refractivity contribution is 7.89. The summed E-state index contributed by atoms with van der Waals surface area (Å²) in [5.74, 6) is 0. The molecule has 0 saturated heterocycles. The first kappa shape index (κ1) is 12.6. The van der Waals surface area contributed by atoms with Crippen molar-refractivity contribution < 1.29 is 8.42 Å². The Bertz CT molecular complexity index is 635. The van der Waals surface area contributed by atoms with Crippen LogP contribution >= 0.6 is 0 Å². The third-order valence-corrected chi connectivity index (χ3v) is 4.03. The number of imidazole rings is 1. The summed E-state index contributed by atoms with van der Waals surface area (Å²) in [6.07, 6.45) is 2.58. The molecule has 4 N–H and O–H groups in total. The van der Waals surface area contributed by atoms with E-state index >= 15 is 0 Å². The van der Waals surface area contributed by atoms with Gasteiger partial charge < -0.3 is 10.7 Å². The van der Waals surface area contributed by atoms with Crippen molar-refractivity contribution in [1.29, 1.82) is 0 Å². The van der Waals surface area contributed by atoms with Crippen molar-refractivity contribution in [2.24, 2.45) is 0 Å². The lowest BCUT2D eigenvalue weighted by atomic mass is 10.1. The molecule has 2 rings (SSSR count). The molecule has 0 spiro atoms.